The Morgan fingerprint density at radius 2 is 2.27 bits per heavy atom. The van der Waals surface area contributed by atoms with Crippen molar-refractivity contribution >= 4 is 10.9 Å². The van der Waals surface area contributed by atoms with Crippen molar-refractivity contribution < 1.29 is 9.84 Å². The molecule has 15 heavy (non-hydrogen) atoms. The zero-order valence-electron chi connectivity index (χ0n) is 8.69. The van der Waals surface area contributed by atoms with Crippen molar-refractivity contribution in [1.29, 1.82) is 0 Å². The lowest BCUT2D eigenvalue weighted by molar-refractivity contribution is 0.400. The van der Waals surface area contributed by atoms with Crippen LogP contribution >= 0.6 is 0 Å². The van der Waals surface area contributed by atoms with Crippen LogP contribution in [0, 0.1) is 0 Å². The minimum absolute atomic E-state index is 0.204. The van der Waals surface area contributed by atoms with E-state index in [1.807, 2.05) is 13.0 Å². The smallest absolute Gasteiger partial charge is 0.240 e. The molecule has 2 heterocycles. The van der Waals surface area contributed by atoms with Gasteiger partial charge in [0.1, 0.15) is 11.3 Å². The van der Waals surface area contributed by atoms with Gasteiger partial charge < -0.3 is 9.84 Å². The summed E-state index contributed by atoms with van der Waals surface area (Å²) in [5, 5.41) is 10.4. The van der Waals surface area contributed by atoms with Crippen LogP contribution in [0.25, 0.3) is 10.9 Å². The molecule has 0 saturated heterocycles. The Morgan fingerprint density at radius 3 is 2.93 bits per heavy atom. The van der Waals surface area contributed by atoms with E-state index in [1.165, 1.54) is 6.20 Å². The molecule has 0 amide bonds. The number of methoxy groups -OCH3 is 1. The van der Waals surface area contributed by atoms with Crippen LogP contribution in [0.2, 0.25) is 0 Å². The van der Waals surface area contributed by atoms with Gasteiger partial charge in [-0.15, -0.1) is 0 Å². The largest absolute Gasteiger partial charge is 0.507 e. The molecule has 4 nitrogen and oxygen atoms in total. The molecule has 0 unspecified atom stereocenters. The van der Waals surface area contributed by atoms with Crippen LogP contribution < -0.4 is 4.74 Å². The molecule has 1 N–H and O–H groups in total. The number of pyridine rings is 2. The Bertz CT molecular complexity index is 497. The molecule has 0 aliphatic carbocycles. The van der Waals surface area contributed by atoms with Crippen LogP contribution in [0.15, 0.2) is 18.3 Å². The molecule has 0 aromatic carbocycles. The summed E-state index contributed by atoms with van der Waals surface area (Å²) < 4.78 is 5.14. The van der Waals surface area contributed by atoms with Crippen LogP contribution in [0.3, 0.4) is 0 Å². The summed E-state index contributed by atoms with van der Waals surface area (Å²) in [5.74, 6) is 0.663. The number of aromatic nitrogens is 2. The SMILES string of the molecule is CCc1cc2c(O)ccnc2c(OC)n1. The standard InChI is InChI=1S/C11H12N2O2/c1-3-7-6-8-9(14)4-5-12-10(8)11(13-7)15-2/h4-6H,3H2,1-2H3,(H,12,14). The van der Waals surface area contributed by atoms with Gasteiger partial charge in [-0.3, -0.25) is 4.98 Å². The molecular weight excluding hydrogens is 192 g/mol. The molecule has 2 aromatic rings. The molecule has 0 spiro atoms. The third-order valence-electron chi connectivity index (χ3n) is 2.28. The lowest BCUT2D eigenvalue weighted by atomic mass is 10.2. The minimum Gasteiger partial charge on any atom is -0.507 e. The number of nitrogens with zero attached hydrogens (tertiary/aromatic N) is 2. The van der Waals surface area contributed by atoms with Gasteiger partial charge in [0.2, 0.25) is 5.88 Å². The van der Waals surface area contributed by atoms with Gasteiger partial charge in [-0.25, -0.2) is 4.98 Å². The van der Waals surface area contributed by atoms with E-state index in [0.29, 0.717) is 16.8 Å². The van der Waals surface area contributed by atoms with E-state index in [1.54, 1.807) is 13.2 Å². The van der Waals surface area contributed by atoms with E-state index in [2.05, 4.69) is 9.97 Å². The van der Waals surface area contributed by atoms with Gasteiger partial charge in [-0.2, -0.15) is 0 Å². The monoisotopic (exact) mass is 204 g/mol. The van der Waals surface area contributed by atoms with Crippen LogP contribution in [-0.2, 0) is 6.42 Å². The highest BCUT2D eigenvalue weighted by atomic mass is 16.5. The van der Waals surface area contributed by atoms with E-state index in [0.717, 1.165) is 12.1 Å². The van der Waals surface area contributed by atoms with E-state index >= 15 is 0 Å². The third-order valence-corrected chi connectivity index (χ3v) is 2.28. The predicted octanol–water partition coefficient (Wildman–Crippen LogP) is 1.91. The molecule has 0 aliphatic heterocycles. The summed E-state index contributed by atoms with van der Waals surface area (Å²) in [6.07, 6.45) is 2.33. The fourth-order valence-electron chi connectivity index (χ4n) is 1.48. The number of aromatic hydroxyl groups is 1. The van der Waals surface area contributed by atoms with Crippen molar-refractivity contribution in [2.24, 2.45) is 0 Å². The van der Waals surface area contributed by atoms with Crippen molar-refractivity contribution in [3.05, 3.63) is 24.0 Å². The van der Waals surface area contributed by atoms with Crippen LogP contribution in [-0.4, -0.2) is 22.2 Å². The Hall–Kier alpha value is -1.84. The highest BCUT2D eigenvalue weighted by molar-refractivity contribution is 5.88. The zero-order valence-corrected chi connectivity index (χ0v) is 8.69. The first-order chi connectivity index (χ1) is 7.26. The molecule has 2 rings (SSSR count). The predicted molar refractivity (Wildman–Crippen MR) is 57.1 cm³/mol. The van der Waals surface area contributed by atoms with Gasteiger partial charge >= 0.3 is 0 Å². The Kier molecular flexibility index (Phi) is 2.41. The second-order valence-electron chi connectivity index (χ2n) is 3.20. The lowest BCUT2D eigenvalue weighted by Crippen LogP contribution is -1.95. The minimum atomic E-state index is 0.204. The zero-order chi connectivity index (χ0) is 10.8. The number of hydrogen-bond acceptors (Lipinski definition) is 4. The number of aryl methyl sites for hydroxylation is 1. The Morgan fingerprint density at radius 1 is 1.47 bits per heavy atom. The number of rotatable bonds is 2. The fraction of sp³-hybridized carbons (Fsp3) is 0.273. The third kappa shape index (κ3) is 1.58. The summed E-state index contributed by atoms with van der Waals surface area (Å²) in [6, 6.07) is 3.39. The Labute approximate surface area is 87.6 Å². The van der Waals surface area contributed by atoms with E-state index in [9.17, 15) is 5.11 Å². The maximum absolute atomic E-state index is 9.69. The number of ether oxygens (including phenoxy) is 1. The first kappa shape index (κ1) is 9.71. The van der Waals surface area contributed by atoms with E-state index in [-0.39, 0.29) is 5.75 Å². The highest BCUT2D eigenvalue weighted by Gasteiger charge is 2.09. The molecule has 0 radical (unpaired) electrons. The molecule has 78 valence electrons. The topological polar surface area (TPSA) is 55.2 Å². The summed E-state index contributed by atoms with van der Waals surface area (Å²) in [5.41, 5.74) is 1.47. The molecule has 2 aromatic heterocycles. The van der Waals surface area contributed by atoms with Crippen LogP contribution in [0.5, 0.6) is 11.6 Å². The summed E-state index contributed by atoms with van der Waals surface area (Å²) in [7, 11) is 1.55. The molecule has 0 saturated carbocycles. The number of fused-ring (bicyclic) bond motifs is 1. The summed E-state index contributed by atoms with van der Waals surface area (Å²) >= 11 is 0. The summed E-state index contributed by atoms with van der Waals surface area (Å²) in [6.45, 7) is 2.00. The maximum Gasteiger partial charge on any atom is 0.240 e. The maximum atomic E-state index is 9.69. The van der Waals surface area contributed by atoms with Crippen molar-refractivity contribution in [2.45, 2.75) is 13.3 Å². The highest BCUT2D eigenvalue weighted by Crippen LogP contribution is 2.28. The quantitative estimate of drug-likeness (QED) is 0.811. The van der Waals surface area contributed by atoms with Crippen molar-refractivity contribution in [3.8, 4) is 11.6 Å². The van der Waals surface area contributed by atoms with Gasteiger partial charge in [0, 0.05) is 17.3 Å². The van der Waals surface area contributed by atoms with Gasteiger partial charge in [-0.1, -0.05) is 6.92 Å². The normalized spacial score (nSPS) is 10.5. The molecule has 0 fully saturated rings. The summed E-state index contributed by atoms with van der Waals surface area (Å²) in [4.78, 5) is 8.42. The van der Waals surface area contributed by atoms with Gasteiger partial charge in [0.05, 0.1) is 7.11 Å². The molecule has 4 heteroatoms. The molecule has 0 bridgehead atoms. The first-order valence-electron chi connectivity index (χ1n) is 4.78. The van der Waals surface area contributed by atoms with Crippen LogP contribution in [0.4, 0.5) is 0 Å². The number of hydrogen-bond donors (Lipinski definition) is 1. The van der Waals surface area contributed by atoms with Crippen molar-refractivity contribution in [1.82, 2.24) is 9.97 Å². The van der Waals surface area contributed by atoms with Gasteiger partial charge in [-0.05, 0) is 18.6 Å². The fourth-order valence-corrected chi connectivity index (χ4v) is 1.48. The average Bonchev–Trinajstić information content (AvgIpc) is 2.28. The molecule has 0 aliphatic rings. The lowest BCUT2D eigenvalue weighted by Gasteiger charge is -2.06. The van der Waals surface area contributed by atoms with Crippen molar-refractivity contribution in [3.63, 3.8) is 0 Å². The van der Waals surface area contributed by atoms with Crippen LogP contribution in [0.1, 0.15) is 12.6 Å². The van der Waals surface area contributed by atoms with E-state index in [4.69, 9.17) is 4.74 Å². The second kappa shape index (κ2) is 3.73. The Balaban J connectivity index is 2.80. The van der Waals surface area contributed by atoms with Crippen molar-refractivity contribution in [2.75, 3.05) is 7.11 Å². The molecular formula is C11H12N2O2. The molecule has 0 atom stereocenters. The second-order valence-corrected chi connectivity index (χ2v) is 3.20. The van der Waals surface area contributed by atoms with Gasteiger partial charge in [0.25, 0.3) is 0 Å². The average molecular weight is 204 g/mol. The van der Waals surface area contributed by atoms with E-state index < -0.39 is 0 Å². The van der Waals surface area contributed by atoms with Gasteiger partial charge in [0.15, 0.2) is 0 Å². The first-order valence-corrected chi connectivity index (χ1v) is 4.78.